The second-order valence-corrected chi connectivity index (χ2v) is 5.28. The minimum absolute atomic E-state index is 0.199. The average molecular weight is 281 g/mol. The van der Waals surface area contributed by atoms with Gasteiger partial charge in [-0.3, -0.25) is 4.99 Å². The second-order valence-electron chi connectivity index (χ2n) is 5.28. The summed E-state index contributed by atoms with van der Waals surface area (Å²) in [5.74, 6) is 1.48. The van der Waals surface area contributed by atoms with E-state index < -0.39 is 6.61 Å². The normalized spacial score (nSPS) is 28.0. The van der Waals surface area contributed by atoms with E-state index in [1.807, 2.05) is 12.1 Å². The van der Waals surface area contributed by atoms with Crippen molar-refractivity contribution in [1.29, 1.82) is 0 Å². The van der Waals surface area contributed by atoms with Crippen molar-refractivity contribution in [1.82, 2.24) is 10.6 Å². The summed E-state index contributed by atoms with van der Waals surface area (Å²) in [6.45, 7) is 0.119. The third-order valence-electron chi connectivity index (χ3n) is 3.55. The van der Waals surface area contributed by atoms with Crippen LogP contribution in [0.25, 0.3) is 0 Å². The van der Waals surface area contributed by atoms with Gasteiger partial charge < -0.3 is 15.4 Å². The summed E-state index contributed by atoms with van der Waals surface area (Å²) >= 11 is 0. The summed E-state index contributed by atoms with van der Waals surface area (Å²) in [4.78, 5) is 4.36. The molecule has 2 N–H and O–H groups in total. The molecule has 1 heterocycles. The van der Waals surface area contributed by atoms with Gasteiger partial charge in [-0.25, -0.2) is 0 Å². The van der Waals surface area contributed by atoms with Crippen LogP contribution in [0, 0.1) is 0 Å². The molecule has 2 aliphatic rings. The highest BCUT2D eigenvalue weighted by Gasteiger charge is 2.39. The van der Waals surface area contributed by atoms with E-state index in [2.05, 4.69) is 27.3 Å². The molecule has 3 rings (SSSR count). The summed E-state index contributed by atoms with van der Waals surface area (Å²) in [5, 5.41) is 6.63. The van der Waals surface area contributed by atoms with Crippen LogP contribution < -0.4 is 15.4 Å². The van der Waals surface area contributed by atoms with Crippen molar-refractivity contribution < 1.29 is 13.5 Å². The lowest BCUT2D eigenvalue weighted by atomic mass is 10.1. The van der Waals surface area contributed by atoms with Crippen LogP contribution in [-0.4, -0.2) is 31.2 Å². The van der Waals surface area contributed by atoms with Crippen molar-refractivity contribution >= 4 is 5.96 Å². The number of alkyl halides is 2. The van der Waals surface area contributed by atoms with Gasteiger partial charge in [-0.15, -0.1) is 0 Å². The van der Waals surface area contributed by atoms with Crippen molar-refractivity contribution in [2.45, 2.75) is 38.0 Å². The highest BCUT2D eigenvalue weighted by atomic mass is 19.3. The Hall–Kier alpha value is -1.85. The van der Waals surface area contributed by atoms with Crippen molar-refractivity contribution in [2.24, 2.45) is 4.99 Å². The fourth-order valence-electron chi connectivity index (χ4n) is 2.44. The first-order valence-corrected chi connectivity index (χ1v) is 6.74. The van der Waals surface area contributed by atoms with E-state index in [1.165, 1.54) is 0 Å². The predicted molar refractivity (Wildman–Crippen MR) is 72.3 cm³/mol. The van der Waals surface area contributed by atoms with Gasteiger partial charge in [0, 0.05) is 18.0 Å². The maximum atomic E-state index is 12.1. The average Bonchev–Trinajstić information content (AvgIpc) is 3.03. The Morgan fingerprint density at radius 1 is 1.35 bits per heavy atom. The number of nitrogens with one attached hydrogen (secondary N) is 2. The fraction of sp³-hybridized carbons (Fsp3) is 0.500. The third kappa shape index (κ3) is 3.00. The molecule has 1 saturated carbocycles. The van der Waals surface area contributed by atoms with Gasteiger partial charge in [0.2, 0.25) is 0 Å². The standard InChI is InChI=1S/C14H17F2N3O/c1-8-7-17-14(18-8)19-12-6-11(12)9-2-4-10(5-3-9)20-13(15)16/h2-5,8,11-13H,6-7H2,1H3,(H2,17,18,19)/t8?,11-,12+/m0/s1. The molecule has 0 bridgehead atoms. The molecule has 6 heteroatoms. The minimum atomic E-state index is -2.77. The van der Waals surface area contributed by atoms with E-state index in [4.69, 9.17) is 0 Å². The Morgan fingerprint density at radius 2 is 2.10 bits per heavy atom. The van der Waals surface area contributed by atoms with Gasteiger partial charge in [0.05, 0.1) is 6.54 Å². The highest BCUT2D eigenvalue weighted by molar-refractivity contribution is 5.82. The Balaban J connectivity index is 1.54. The zero-order valence-corrected chi connectivity index (χ0v) is 11.1. The lowest BCUT2D eigenvalue weighted by Gasteiger charge is -2.09. The summed E-state index contributed by atoms with van der Waals surface area (Å²) < 4.78 is 28.5. The maximum Gasteiger partial charge on any atom is 0.387 e. The molecular weight excluding hydrogens is 264 g/mol. The first-order chi connectivity index (χ1) is 9.61. The van der Waals surface area contributed by atoms with Crippen LogP contribution in [0.1, 0.15) is 24.8 Å². The molecule has 0 amide bonds. The molecule has 0 spiro atoms. The largest absolute Gasteiger partial charge is 0.435 e. The minimum Gasteiger partial charge on any atom is -0.435 e. The maximum absolute atomic E-state index is 12.1. The number of halogens is 2. The third-order valence-corrected chi connectivity index (χ3v) is 3.55. The summed E-state index contributed by atoms with van der Waals surface area (Å²) in [6.07, 6.45) is 1.03. The molecule has 1 aromatic rings. The SMILES string of the molecule is CC1CN=C(N[C@@H]2C[C@H]2c2ccc(OC(F)F)cc2)N1. The van der Waals surface area contributed by atoms with Crippen LogP contribution >= 0.6 is 0 Å². The van der Waals surface area contributed by atoms with Gasteiger partial charge >= 0.3 is 6.61 Å². The van der Waals surface area contributed by atoms with Crippen LogP contribution in [0.2, 0.25) is 0 Å². The monoisotopic (exact) mass is 281 g/mol. The molecule has 0 aromatic heterocycles. The van der Waals surface area contributed by atoms with Gasteiger partial charge in [-0.05, 0) is 31.0 Å². The van der Waals surface area contributed by atoms with Gasteiger partial charge in [0.1, 0.15) is 5.75 Å². The fourth-order valence-corrected chi connectivity index (χ4v) is 2.44. The number of hydrogen-bond acceptors (Lipinski definition) is 4. The quantitative estimate of drug-likeness (QED) is 0.888. The molecule has 1 aromatic carbocycles. The van der Waals surface area contributed by atoms with E-state index >= 15 is 0 Å². The number of nitrogens with zero attached hydrogens (tertiary/aromatic N) is 1. The molecule has 0 saturated heterocycles. The zero-order valence-electron chi connectivity index (χ0n) is 11.1. The Kier molecular flexibility index (Phi) is 3.46. The second kappa shape index (κ2) is 5.26. The number of hydrogen-bond donors (Lipinski definition) is 2. The highest BCUT2D eigenvalue weighted by Crippen LogP contribution is 2.41. The topological polar surface area (TPSA) is 45.7 Å². The molecule has 1 unspecified atom stereocenters. The summed E-state index contributed by atoms with van der Waals surface area (Å²) in [6, 6.07) is 7.62. The first kappa shape index (κ1) is 13.1. The van der Waals surface area contributed by atoms with Crippen molar-refractivity contribution in [2.75, 3.05) is 6.54 Å². The Morgan fingerprint density at radius 3 is 2.70 bits per heavy atom. The number of rotatable bonds is 4. The van der Waals surface area contributed by atoms with E-state index in [9.17, 15) is 8.78 Å². The molecule has 1 fully saturated rings. The van der Waals surface area contributed by atoms with Crippen LogP contribution in [0.3, 0.4) is 0 Å². The van der Waals surface area contributed by atoms with Crippen LogP contribution in [0.5, 0.6) is 5.75 Å². The van der Waals surface area contributed by atoms with E-state index in [0.717, 1.165) is 24.5 Å². The molecule has 0 radical (unpaired) electrons. The molecule has 108 valence electrons. The number of aliphatic imine (C=N–C) groups is 1. The van der Waals surface area contributed by atoms with Gasteiger partial charge in [-0.2, -0.15) is 8.78 Å². The molecule has 20 heavy (non-hydrogen) atoms. The van der Waals surface area contributed by atoms with Gasteiger partial charge in [0.15, 0.2) is 5.96 Å². The Labute approximate surface area is 116 Å². The van der Waals surface area contributed by atoms with Gasteiger partial charge in [-0.1, -0.05) is 12.1 Å². The van der Waals surface area contributed by atoms with E-state index in [0.29, 0.717) is 18.0 Å². The van der Waals surface area contributed by atoms with Crippen LogP contribution in [0.4, 0.5) is 8.78 Å². The van der Waals surface area contributed by atoms with E-state index in [-0.39, 0.29) is 5.75 Å². The number of guanidine groups is 1. The molecule has 1 aliphatic carbocycles. The van der Waals surface area contributed by atoms with Crippen LogP contribution in [0.15, 0.2) is 29.3 Å². The lowest BCUT2D eigenvalue weighted by Crippen LogP contribution is -2.39. The summed E-state index contributed by atoms with van der Waals surface area (Å²) in [7, 11) is 0. The van der Waals surface area contributed by atoms with E-state index in [1.54, 1.807) is 12.1 Å². The van der Waals surface area contributed by atoms with Crippen LogP contribution in [-0.2, 0) is 0 Å². The molecule has 4 nitrogen and oxygen atoms in total. The lowest BCUT2D eigenvalue weighted by molar-refractivity contribution is -0.0498. The van der Waals surface area contributed by atoms with Crippen molar-refractivity contribution in [3.05, 3.63) is 29.8 Å². The Bertz CT molecular complexity index is 504. The predicted octanol–water partition coefficient (Wildman–Crippen LogP) is 2.08. The molecular formula is C14H17F2N3O. The first-order valence-electron chi connectivity index (χ1n) is 6.74. The van der Waals surface area contributed by atoms with Gasteiger partial charge in [0.25, 0.3) is 0 Å². The number of benzene rings is 1. The smallest absolute Gasteiger partial charge is 0.387 e. The molecule has 1 aliphatic heterocycles. The number of ether oxygens (including phenoxy) is 1. The summed E-state index contributed by atoms with van der Waals surface area (Å²) in [5.41, 5.74) is 1.13. The van der Waals surface area contributed by atoms with Crippen molar-refractivity contribution in [3.8, 4) is 5.75 Å². The molecule has 3 atom stereocenters. The zero-order chi connectivity index (χ0) is 14.1. The van der Waals surface area contributed by atoms with Crippen molar-refractivity contribution in [3.63, 3.8) is 0 Å².